The SMILES string of the molecule is COc1ccc(C(=O)OCC(=O)NC(N)=O)cc1S(=O)(=O)N(C)Cc1ccccc1. The lowest BCUT2D eigenvalue weighted by molar-refractivity contribution is -0.123. The van der Waals surface area contributed by atoms with Crippen molar-refractivity contribution >= 4 is 27.9 Å². The molecule has 2 aromatic carbocycles. The van der Waals surface area contributed by atoms with Crippen LogP contribution < -0.4 is 15.8 Å². The molecule has 10 nitrogen and oxygen atoms in total. The second-order valence-electron chi connectivity index (χ2n) is 6.10. The first-order valence-corrected chi connectivity index (χ1v) is 10.0. The molecule has 0 unspecified atom stereocenters. The Morgan fingerprint density at radius 2 is 1.77 bits per heavy atom. The van der Waals surface area contributed by atoms with Crippen LogP contribution in [0.5, 0.6) is 5.75 Å². The van der Waals surface area contributed by atoms with Gasteiger partial charge in [-0.1, -0.05) is 30.3 Å². The Bertz CT molecular complexity index is 1040. The van der Waals surface area contributed by atoms with Crippen LogP contribution in [0.4, 0.5) is 4.79 Å². The Morgan fingerprint density at radius 3 is 2.37 bits per heavy atom. The number of nitrogens with one attached hydrogen (secondary N) is 1. The number of nitrogens with two attached hydrogens (primary N) is 1. The van der Waals surface area contributed by atoms with E-state index in [4.69, 9.17) is 15.2 Å². The van der Waals surface area contributed by atoms with Crippen LogP contribution in [-0.4, -0.2) is 51.4 Å². The van der Waals surface area contributed by atoms with E-state index in [2.05, 4.69) is 0 Å². The van der Waals surface area contributed by atoms with E-state index < -0.39 is 34.5 Å². The number of amides is 3. The minimum absolute atomic E-state index is 0.0398. The molecule has 0 saturated heterocycles. The molecule has 3 N–H and O–H groups in total. The molecule has 0 radical (unpaired) electrons. The topological polar surface area (TPSA) is 145 Å². The second kappa shape index (κ2) is 9.85. The van der Waals surface area contributed by atoms with E-state index in [9.17, 15) is 22.8 Å². The average molecular weight is 435 g/mol. The van der Waals surface area contributed by atoms with Crippen LogP contribution in [0.1, 0.15) is 15.9 Å². The van der Waals surface area contributed by atoms with Gasteiger partial charge >= 0.3 is 12.0 Å². The highest BCUT2D eigenvalue weighted by molar-refractivity contribution is 7.89. The number of carbonyl (C=O) groups is 3. The van der Waals surface area contributed by atoms with Crippen molar-refractivity contribution in [3.63, 3.8) is 0 Å². The van der Waals surface area contributed by atoms with Gasteiger partial charge in [0.1, 0.15) is 10.6 Å². The van der Waals surface area contributed by atoms with Crippen LogP contribution in [0.2, 0.25) is 0 Å². The summed E-state index contributed by atoms with van der Waals surface area (Å²) in [6.45, 7) is -0.655. The quantitative estimate of drug-likeness (QED) is 0.585. The highest BCUT2D eigenvalue weighted by Gasteiger charge is 2.27. The number of nitrogens with zero attached hydrogens (tertiary/aromatic N) is 1. The third kappa shape index (κ3) is 5.78. The van der Waals surface area contributed by atoms with Gasteiger partial charge in [-0.05, 0) is 23.8 Å². The van der Waals surface area contributed by atoms with E-state index in [-0.39, 0.29) is 22.8 Å². The number of benzene rings is 2. The second-order valence-corrected chi connectivity index (χ2v) is 8.11. The first-order valence-electron chi connectivity index (χ1n) is 8.60. The van der Waals surface area contributed by atoms with Crippen molar-refractivity contribution < 1.29 is 32.3 Å². The number of primary amides is 1. The minimum atomic E-state index is -4.02. The van der Waals surface area contributed by atoms with E-state index in [0.717, 1.165) is 15.9 Å². The summed E-state index contributed by atoms with van der Waals surface area (Å²) in [4.78, 5) is 33.9. The molecule has 3 amide bonds. The van der Waals surface area contributed by atoms with Crippen LogP contribution in [0.15, 0.2) is 53.4 Å². The molecule has 0 aliphatic carbocycles. The molecule has 0 saturated carbocycles. The van der Waals surface area contributed by atoms with Crippen LogP contribution in [0.25, 0.3) is 0 Å². The molecule has 0 aromatic heterocycles. The maximum absolute atomic E-state index is 13.1. The van der Waals surface area contributed by atoms with Crippen molar-refractivity contribution in [3.05, 3.63) is 59.7 Å². The monoisotopic (exact) mass is 435 g/mol. The molecule has 2 rings (SSSR count). The summed E-state index contributed by atoms with van der Waals surface area (Å²) in [5, 5.41) is 1.74. The fourth-order valence-electron chi connectivity index (χ4n) is 2.49. The van der Waals surface area contributed by atoms with Crippen molar-refractivity contribution in [1.82, 2.24) is 9.62 Å². The normalized spacial score (nSPS) is 11.0. The standard InChI is InChI=1S/C19H21N3O7S/c1-22(11-13-6-4-3-5-7-13)30(26,27)16-10-14(8-9-15(16)28-2)18(24)29-12-17(23)21-19(20)25/h3-10H,11-12H2,1-2H3,(H3,20,21,23,25). The lowest BCUT2D eigenvalue weighted by atomic mass is 10.2. The molecule has 2 aromatic rings. The maximum Gasteiger partial charge on any atom is 0.338 e. The highest BCUT2D eigenvalue weighted by Crippen LogP contribution is 2.28. The Labute approximate surface area is 173 Å². The molecule has 0 aliphatic rings. The number of urea groups is 1. The van der Waals surface area contributed by atoms with Crippen LogP contribution in [0.3, 0.4) is 0 Å². The summed E-state index contributed by atoms with van der Waals surface area (Å²) < 4.78 is 37.1. The van der Waals surface area contributed by atoms with Gasteiger partial charge < -0.3 is 15.2 Å². The van der Waals surface area contributed by atoms with Gasteiger partial charge in [0.15, 0.2) is 6.61 Å². The zero-order valence-corrected chi connectivity index (χ0v) is 17.1. The third-order valence-corrected chi connectivity index (χ3v) is 5.76. The zero-order chi connectivity index (χ0) is 22.3. The molecule has 0 atom stereocenters. The number of carbonyl (C=O) groups excluding carboxylic acids is 3. The fourth-order valence-corrected chi connectivity index (χ4v) is 3.82. The maximum atomic E-state index is 13.1. The summed E-state index contributed by atoms with van der Waals surface area (Å²) in [7, 11) is -1.32. The van der Waals surface area contributed by atoms with E-state index in [1.807, 2.05) is 6.07 Å². The van der Waals surface area contributed by atoms with Crippen molar-refractivity contribution in [2.45, 2.75) is 11.4 Å². The molecule has 0 aliphatic heterocycles. The molecule has 0 fully saturated rings. The smallest absolute Gasteiger partial charge is 0.338 e. The van der Waals surface area contributed by atoms with Crippen LogP contribution in [0, 0.1) is 0 Å². The van der Waals surface area contributed by atoms with Gasteiger partial charge in [-0.15, -0.1) is 0 Å². The Hall–Kier alpha value is -3.44. The summed E-state index contributed by atoms with van der Waals surface area (Å²) in [6.07, 6.45) is 0. The number of hydrogen-bond acceptors (Lipinski definition) is 7. The van der Waals surface area contributed by atoms with Gasteiger partial charge in [0, 0.05) is 13.6 Å². The summed E-state index contributed by atoms with van der Waals surface area (Å²) in [6, 6.07) is 11.6. The van der Waals surface area contributed by atoms with E-state index in [0.29, 0.717) is 0 Å². The van der Waals surface area contributed by atoms with Gasteiger partial charge in [0.2, 0.25) is 10.0 Å². The molecule has 160 valence electrons. The predicted molar refractivity (Wildman–Crippen MR) is 106 cm³/mol. The molecule has 0 spiro atoms. The van der Waals surface area contributed by atoms with Crippen LogP contribution in [-0.2, 0) is 26.1 Å². The fraction of sp³-hybridized carbons (Fsp3) is 0.211. The van der Waals surface area contributed by atoms with Gasteiger partial charge in [-0.25, -0.2) is 18.0 Å². The van der Waals surface area contributed by atoms with Gasteiger partial charge in [-0.3, -0.25) is 10.1 Å². The van der Waals surface area contributed by atoms with Gasteiger partial charge in [0.05, 0.1) is 12.7 Å². The van der Waals surface area contributed by atoms with E-state index in [1.165, 1.54) is 26.3 Å². The number of hydrogen-bond donors (Lipinski definition) is 2. The number of methoxy groups -OCH3 is 1. The number of rotatable bonds is 8. The van der Waals surface area contributed by atoms with Crippen LogP contribution >= 0.6 is 0 Å². The van der Waals surface area contributed by atoms with Crippen molar-refractivity contribution in [2.75, 3.05) is 20.8 Å². The molecule has 0 heterocycles. The number of imide groups is 1. The molecular formula is C19H21N3O7S. The summed E-state index contributed by atoms with van der Waals surface area (Å²) in [5.41, 5.74) is 5.46. The predicted octanol–water partition coefficient (Wildman–Crippen LogP) is 0.868. The average Bonchev–Trinajstić information content (AvgIpc) is 2.71. The van der Waals surface area contributed by atoms with Crippen molar-refractivity contribution in [3.8, 4) is 5.75 Å². The Kier molecular flexibility index (Phi) is 7.50. The Morgan fingerprint density at radius 1 is 1.10 bits per heavy atom. The molecule has 30 heavy (non-hydrogen) atoms. The Balaban J connectivity index is 2.25. The lowest BCUT2D eigenvalue weighted by Gasteiger charge is -2.19. The molecule has 11 heteroatoms. The summed E-state index contributed by atoms with van der Waals surface area (Å²) in [5.74, 6) is -1.84. The number of ether oxygens (including phenoxy) is 2. The number of sulfonamides is 1. The largest absolute Gasteiger partial charge is 0.495 e. The van der Waals surface area contributed by atoms with Gasteiger partial charge in [-0.2, -0.15) is 4.31 Å². The molecular weight excluding hydrogens is 414 g/mol. The lowest BCUT2D eigenvalue weighted by Crippen LogP contribution is -2.37. The highest BCUT2D eigenvalue weighted by atomic mass is 32.2. The van der Waals surface area contributed by atoms with Crippen molar-refractivity contribution in [2.24, 2.45) is 5.73 Å². The van der Waals surface area contributed by atoms with Crippen molar-refractivity contribution in [1.29, 1.82) is 0 Å². The first-order chi connectivity index (χ1) is 14.1. The zero-order valence-electron chi connectivity index (χ0n) is 16.3. The van der Waals surface area contributed by atoms with E-state index >= 15 is 0 Å². The van der Waals surface area contributed by atoms with Gasteiger partial charge in [0.25, 0.3) is 5.91 Å². The third-order valence-electron chi connectivity index (χ3n) is 3.93. The molecule has 0 bridgehead atoms. The number of esters is 1. The van der Waals surface area contributed by atoms with E-state index in [1.54, 1.807) is 29.6 Å². The minimum Gasteiger partial charge on any atom is -0.495 e. The summed E-state index contributed by atoms with van der Waals surface area (Å²) >= 11 is 0. The first kappa shape index (κ1) is 22.8.